The van der Waals surface area contributed by atoms with Crippen LogP contribution < -0.4 is 10.6 Å². The molecule has 0 atom stereocenters. The van der Waals surface area contributed by atoms with Gasteiger partial charge in [0.1, 0.15) is 23.1 Å². The second-order valence-corrected chi connectivity index (χ2v) is 7.07. The van der Waals surface area contributed by atoms with Crippen molar-refractivity contribution in [3.05, 3.63) is 59.4 Å². The molecule has 7 nitrogen and oxygen atoms in total. The fourth-order valence-corrected chi connectivity index (χ4v) is 2.44. The number of benzene rings is 1. The Kier molecular flexibility index (Phi) is 5.00. The zero-order chi connectivity index (χ0) is 20.5. The molecular formula is C19H19F2N5O2. The number of carbonyl (C=O) groups excluding carboxylic acids is 1. The molecule has 3 N–H and O–H groups in total. The molecule has 2 heterocycles. The van der Waals surface area contributed by atoms with Crippen LogP contribution in [0.2, 0.25) is 0 Å². The highest BCUT2D eigenvalue weighted by Gasteiger charge is 2.25. The van der Waals surface area contributed by atoms with E-state index in [1.807, 2.05) is 20.8 Å². The number of nitrogens with two attached hydrogens (primary N) is 1. The van der Waals surface area contributed by atoms with E-state index in [1.54, 1.807) is 18.3 Å². The molecule has 0 bridgehead atoms. The number of aromatic amines is 1. The zero-order valence-corrected chi connectivity index (χ0v) is 15.5. The van der Waals surface area contributed by atoms with Gasteiger partial charge >= 0.3 is 6.03 Å². The quantitative estimate of drug-likeness (QED) is 0.694. The average molecular weight is 387 g/mol. The largest absolute Gasteiger partial charge is 0.441 e. The number of carbonyl (C=O) groups is 1. The number of para-hydroxylation sites is 1. The summed E-state index contributed by atoms with van der Waals surface area (Å²) in [5, 5.41) is 6.57. The maximum Gasteiger partial charge on any atom is 0.325 e. The minimum atomic E-state index is -1.08. The van der Waals surface area contributed by atoms with Crippen LogP contribution in [0.15, 0.2) is 34.9 Å². The number of hydrogen-bond acceptors (Lipinski definition) is 4. The van der Waals surface area contributed by atoms with Gasteiger partial charge in [0.15, 0.2) is 5.82 Å². The number of oxazole rings is 1. The minimum Gasteiger partial charge on any atom is -0.441 e. The standard InChI is InChI=1S/C19H19F2N5O2/c1-19(2,3)14-10-23-16(28-14)8-7-11-9-15(25-24-11)26(18(22)27)17-12(20)5-4-6-13(17)21/h4-10H,1-3H3,(H2,22,27)(H,24,25). The normalized spacial score (nSPS) is 11.9. The SMILES string of the molecule is CC(C)(C)c1cnc(C=Cc2cc(N(C(N)=O)c3c(F)cccc3F)n[nH]2)o1. The first-order valence-corrected chi connectivity index (χ1v) is 8.40. The van der Waals surface area contributed by atoms with Crippen molar-refractivity contribution < 1.29 is 18.0 Å². The molecule has 0 spiro atoms. The van der Waals surface area contributed by atoms with Crippen LogP contribution in [0, 0.1) is 11.6 Å². The molecule has 28 heavy (non-hydrogen) atoms. The molecule has 0 unspecified atom stereocenters. The van der Waals surface area contributed by atoms with Crippen LogP contribution in [-0.2, 0) is 5.41 Å². The van der Waals surface area contributed by atoms with Gasteiger partial charge in [-0.3, -0.25) is 5.10 Å². The highest BCUT2D eigenvalue weighted by atomic mass is 19.1. The van der Waals surface area contributed by atoms with Crippen LogP contribution in [-0.4, -0.2) is 21.2 Å². The van der Waals surface area contributed by atoms with Gasteiger partial charge in [-0.15, -0.1) is 0 Å². The topological polar surface area (TPSA) is 101 Å². The van der Waals surface area contributed by atoms with E-state index in [0.717, 1.165) is 17.9 Å². The number of nitrogens with one attached hydrogen (secondary N) is 1. The molecule has 0 saturated carbocycles. The van der Waals surface area contributed by atoms with Gasteiger partial charge in [0, 0.05) is 17.6 Å². The molecule has 0 fully saturated rings. The van der Waals surface area contributed by atoms with Gasteiger partial charge < -0.3 is 10.2 Å². The molecular weight excluding hydrogens is 368 g/mol. The summed E-state index contributed by atoms with van der Waals surface area (Å²) in [5.41, 5.74) is 4.99. The number of aromatic nitrogens is 3. The Balaban J connectivity index is 1.88. The molecule has 3 rings (SSSR count). The summed E-state index contributed by atoms with van der Waals surface area (Å²) in [5.74, 6) is -0.818. The third kappa shape index (κ3) is 3.93. The van der Waals surface area contributed by atoms with E-state index in [1.165, 1.54) is 12.1 Å². The number of amides is 2. The third-order valence-electron chi connectivity index (χ3n) is 3.86. The van der Waals surface area contributed by atoms with Crippen molar-refractivity contribution in [2.24, 2.45) is 5.73 Å². The maximum absolute atomic E-state index is 14.1. The first-order chi connectivity index (χ1) is 13.2. The summed E-state index contributed by atoms with van der Waals surface area (Å²) in [7, 11) is 0. The third-order valence-corrected chi connectivity index (χ3v) is 3.86. The lowest BCUT2D eigenvalue weighted by molar-refractivity contribution is 0.255. The van der Waals surface area contributed by atoms with Gasteiger partial charge in [-0.1, -0.05) is 26.8 Å². The summed E-state index contributed by atoms with van der Waals surface area (Å²) < 4.78 is 33.8. The highest BCUT2D eigenvalue weighted by molar-refractivity contribution is 5.98. The van der Waals surface area contributed by atoms with Crippen molar-refractivity contribution >= 4 is 29.7 Å². The Morgan fingerprint density at radius 1 is 1.25 bits per heavy atom. The van der Waals surface area contributed by atoms with Crippen LogP contribution >= 0.6 is 0 Å². The number of primary amides is 1. The van der Waals surface area contributed by atoms with E-state index in [0.29, 0.717) is 16.5 Å². The van der Waals surface area contributed by atoms with E-state index in [2.05, 4.69) is 15.2 Å². The summed E-state index contributed by atoms with van der Waals surface area (Å²) >= 11 is 0. The monoisotopic (exact) mass is 387 g/mol. The van der Waals surface area contributed by atoms with Crippen molar-refractivity contribution in [2.45, 2.75) is 26.2 Å². The number of nitrogens with zero attached hydrogens (tertiary/aromatic N) is 3. The van der Waals surface area contributed by atoms with Crippen molar-refractivity contribution in [1.29, 1.82) is 0 Å². The van der Waals surface area contributed by atoms with Crippen LogP contribution in [0.1, 0.15) is 38.1 Å². The Morgan fingerprint density at radius 3 is 2.50 bits per heavy atom. The number of anilines is 2. The molecule has 9 heteroatoms. The lowest BCUT2D eigenvalue weighted by Crippen LogP contribution is -2.33. The second-order valence-electron chi connectivity index (χ2n) is 7.07. The average Bonchev–Trinajstić information content (AvgIpc) is 3.25. The molecule has 146 valence electrons. The summed E-state index contributed by atoms with van der Waals surface area (Å²) in [6.07, 6.45) is 4.85. The molecule has 3 aromatic rings. The number of hydrogen-bond donors (Lipinski definition) is 2. The first kappa shape index (κ1) is 19.3. The molecule has 1 aromatic carbocycles. The number of urea groups is 1. The Labute approximate surface area is 159 Å². The second kappa shape index (κ2) is 7.26. The molecule has 0 radical (unpaired) electrons. The molecule has 0 saturated heterocycles. The van der Waals surface area contributed by atoms with Crippen molar-refractivity contribution in [3.8, 4) is 0 Å². The van der Waals surface area contributed by atoms with E-state index < -0.39 is 23.4 Å². The number of H-pyrrole nitrogens is 1. The molecule has 0 aliphatic carbocycles. The predicted molar refractivity (Wildman–Crippen MR) is 101 cm³/mol. The fraction of sp³-hybridized carbons (Fsp3) is 0.211. The summed E-state index contributed by atoms with van der Waals surface area (Å²) in [6.45, 7) is 6.01. The minimum absolute atomic E-state index is 0.0565. The van der Waals surface area contributed by atoms with Crippen molar-refractivity contribution in [3.63, 3.8) is 0 Å². The smallest absolute Gasteiger partial charge is 0.325 e. The van der Waals surface area contributed by atoms with Crippen LogP contribution in [0.3, 0.4) is 0 Å². The van der Waals surface area contributed by atoms with Crippen molar-refractivity contribution in [2.75, 3.05) is 4.90 Å². The van der Waals surface area contributed by atoms with Gasteiger partial charge in [-0.2, -0.15) is 5.10 Å². The zero-order valence-electron chi connectivity index (χ0n) is 15.5. The molecule has 0 aliphatic heterocycles. The van der Waals surface area contributed by atoms with Crippen LogP contribution in [0.4, 0.5) is 25.1 Å². The Morgan fingerprint density at radius 2 is 1.93 bits per heavy atom. The molecule has 2 amide bonds. The summed E-state index contributed by atoms with van der Waals surface area (Å²) in [6, 6.07) is 3.58. The Bertz CT molecular complexity index is 1010. The first-order valence-electron chi connectivity index (χ1n) is 8.40. The number of halogens is 2. The van der Waals surface area contributed by atoms with E-state index in [4.69, 9.17) is 10.2 Å². The highest BCUT2D eigenvalue weighted by Crippen LogP contribution is 2.30. The van der Waals surface area contributed by atoms with Gasteiger partial charge in [0.25, 0.3) is 0 Å². The number of rotatable bonds is 4. The van der Waals surface area contributed by atoms with Gasteiger partial charge in [0.2, 0.25) is 5.89 Å². The van der Waals surface area contributed by atoms with Crippen LogP contribution in [0.25, 0.3) is 12.2 Å². The van der Waals surface area contributed by atoms with Gasteiger partial charge in [0.05, 0.1) is 11.9 Å². The van der Waals surface area contributed by atoms with E-state index in [-0.39, 0.29) is 11.2 Å². The lowest BCUT2D eigenvalue weighted by atomic mass is 9.94. The van der Waals surface area contributed by atoms with Gasteiger partial charge in [-0.05, 0) is 18.2 Å². The summed E-state index contributed by atoms with van der Waals surface area (Å²) in [4.78, 5) is 16.6. The van der Waals surface area contributed by atoms with Gasteiger partial charge in [-0.25, -0.2) is 23.5 Å². The Hall–Kier alpha value is -3.49. The fourth-order valence-electron chi connectivity index (χ4n) is 2.44. The maximum atomic E-state index is 14.1. The van der Waals surface area contributed by atoms with Crippen molar-refractivity contribution in [1.82, 2.24) is 15.2 Å². The molecule has 0 aliphatic rings. The van der Waals surface area contributed by atoms with Crippen LogP contribution in [0.5, 0.6) is 0 Å². The van der Waals surface area contributed by atoms with E-state index >= 15 is 0 Å². The predicted octanol–water partition coefficient (Wildman–Crippen LogP) is 4.36. The molecule has 2 aromatic heterocycles. The van der Waals surface area contributed by atoms with E-state index in [9.17, 15) is 13.6 Å². The lowest BCUT2D eigenvalue weighted by Gasteiger charge is -2.18.